The molecule has 0 aliphatic carbocycles. The lowest BCUT2D eigenvalue weighted by Crippen LogP contribution is -3.18. The van der Waals surface area contributed by atoms with E-state index in [0.29, 0.717) is 28.9 Å². The summed E-state index contributed by atoms with van der Waals surface area (Å²) in [5.74, 6) is -0.363. The Labute approximate surface area is 132 Å². The summed E-state index contributed by atoms with van der Waals surface area (Å²) in [4.78, 5) is 27.1. The molecular formula is C14H15Cl2N2O3+. The number of quaternary nitrogens is 1. The Morgan fingerprint density at radius 2 is 1.86 bits per heavy atom. The first-order valence-corrected chi connectivity index (χ1v) is 7.57. The van der Waals surface area contributed by atoms with Crippen LogP contribution in [0.25, 0.3) is 0 Å². The standard InChI is InChI=1S/C14H14Cl2N2O3/c15-10-2-1-9(7-11(10)16)18-13(19)8-12(14(18)20)17-3-5-21-6-4-17/h1-2,7,12H,3-6,8H2/p+1/t12-/m0/s1. The first-order chi connectivity index (χ1) is 10.1. The van der Waals surface area contributed by atoms with Gasteiger partial charge in [-0.3, -0.25) is 9.59 Å². The number of nitrogens with zero attached hydrogens (tertiary/aromatic N) is 1. The Morgan fingerprint density at radius 1 is 1.14 bits per heavy atom. The summed E-state index contributed by atoms with van der Waals surface area (Å²) >= 11 is 11.8. The fraction of sp³-hybridized carbons (Fsp3) is 0.429. The summed E-state index contributed by atoms with van der Waals surface area (Å²) < 4.78 is 5.30. The minimum Gasteiger partial charge on any atom is -0.370 e. The van der Waals surface area contributed by atoms with Crippen LogP contribution in [-0.4, -0.2) is 44.2 Å². The molecule has 5 nitrogen and oxygen atoms in total. The highest BCUT2D eigenvalue weighted by Gasteiger charge is 2.46. The van der Waals surface area contributed by atoms with Gasteiger partial charge >= 0.3 is 0 Å². The molecule has 1 aromatic carbocycles. The Morgan fingerprint density at radius 3 is 2.52 bits per heavy atom. The minimum atomic E-state index is -0.323. The van der Waals surface area contributed by atoms with Gasteiger partial charge in [-0.2, -0.15) is 0 Å². The number of carbonyl (C=O) groups is 2. The van der Waals surface area contributed by atoms with E-state index in [2.05, 4.69) is 0 Å². The zero-order valence-electron chi connectivity index (χ0n) is 11.3. The molecule has 1 N–H and O–H groups in total. The normalized spacial score (nSPS) is 23.9. The lowest BCUT2D eigenvalue weighted by molar-refractivity contribution is -0.922. The number of amides is 2. The van der Waals surface area contributed by atoms with Crippen molar-refractivity contribution in [3.63, 3.8) is 0 Å². The van der Waals surface area contributed by atoms with Crippen LogP contribution >= 0.6 is 23.2 Å². The van der Waals surface area contributed by atoms with Gasteiger partial charge in [-0.15, -0.1) is 0 Å². The summed E-state index contributed by atoms with van der Waals surface area (Å²) in [6, 6.07) is 4.46. The quantitative estimate of drug-likeness (QED) is 0.806. The largest absolute Gasteiger partial charge is 0.370 e. The van der Waals surface area contributed by atoms with E-state index in [4.69, 9.17) is 27.9 Å². The van der Waals surface area contributed by atoms with Gasteiger partial charge < -0.3 is 9.64 Å². The second kappa shape index (κ2) is 5.93. The average molecular weight is 330 g/mol. The monoisotopic (exact) mass is 329 g/mol. The number of morpholine rings is 1. The van der Waals surface area contributed by atoms with Crippen molar-refractivity contribution in [2.45, 2.75) is 12.5 Å². The number of imide groups is 1. The van der Waals surface area contributed by atoms with Crippen molar-refractivity contribution in [1.29, 1.82) is 0 Å². The number of rotatable bonds is 2. The number of hydrogen-bond donors (Lipinski definition) is 1. The molecule has 7 heteroatoms. The molecule has 1 aromatic rings. The van der Waals surface area contributed by atoms with Crippen molar-refractivity contribution < 1.29 is 19.2 Å². The molecule has 112 valence electrons. The minimum absolute atomic E-state index is 0.171. The van der Waals surface area contributed by atoms with Gasteiger partial charge in [-0.25, -0.2) is 4.90 Å². The third-order valence-electron chi connectivity index (χ3n) is 3.94. The van der Waals surface area contributed by atoms with Crippen molar-refractivity contribution >= 4 is 40.7 Å². The first-order valence-electron chi connectivity index (χ1n) is 6.82. The molecule has 3 rings (SSSR count). The highest BCUT2D eigenvalue weighted by atomic mass is 35.5. The van der Waals surface area contributed by atoms with Gasteiger partial charge in [0.2, 0.25) is 5.91 Å². The van der Waals surface area contributed by atoms with Crippen LogP contribution < -0.4 is 9.80 Å². The smallest absolute Gasteiger partial charge is 0.292 e. The Hall–Kier alpha value is -1.14. The van der Waals surface area contributed by atoms with Gasteiger partial charge in [0.15, 0.2) is 6.04 Å². The molecular weight excluding hydrogens is 315 g/mol. The summed E-state index contributed by atoms with van der Waals surface area (Å²) in [5.41, 5.74) is 0.481. The van der Waals surface area contributed by atoms with Gasteiger partial charge in [-0.05, 0) is 18.2 Å². The fourth-order valence-corrected chi connectivity index (χ4v) is 3.12. The third-order valence-corrected chi connectivity index (χ3v) is 4.67. The van der Waals surface area contributed by atoms with Crippen LogP contribution in [0.4, 0.5) is 5.69 Å². The zero-order chi connectivity index (χ0) is 15.0. The predicted molar refractivity (Wildman–Crippen MR) is 78.9 cm³/mol. The van der Waals surface area contributed by atoms with Crippen molar-refractivity contribution in [3.8, 4) is 0 Å². The molecule has 0 aromatic heterocycles. The van der Waals surface area contributed by atoms with Crippen LogP contribution in [0.15, 0.2) is 18.2 Å². The fourth-order valence-electron chi connectivity index (χ4n) is 2.83. The lowest BCUT2D eigenvalue weighted by atomic mass is 10.2. The van der Waals surface area contributed by atoms with Crippen molar-refractivity contribution in [2.75, 3.05) is 31.2 Å². The summed E-state index contributed by atoms with van der Waals surface area (Å²) in [7, 11) is 0. The number of halogens is 2. The van der Waals surface area contributed by atoms with Gasteiger partial charge in [0.05, 0.1) is 35.4 Å². The summed E-state index contributed by atoms with van der Waals surface area (Å²) in [6.07, 6.45) is 0.231. The molecule has 2 aliphatic rings. The molecule has 21 heavy (non-hydrogen) atoms. The van der Waals surface area contributed by atoms with Crippen LogP contribution in [0, 0.1) is 0 Å². The van der Waals surface area contributed by atoms with E-state index in [1.54, 1.807) is 18.2 Å². The maximum Gasteiger partial charge on any atom is 0.292 e. The van der Waals surface area contributed by atoms with E-state index in [0.717, 1.165) is 18.0 Å². The third kappa shape index (κ3) is 2.79. The SMILES string of the molecule is O=C1C[C@H]([NH+]2CCOCC2)C(=O)N1c1ccc(Cl)c(Cl)c1. The first kappa shape index (κ1) is 14.8. The summed E-state index contributed by atoms with van der Waals surface area (Å²) in [6.45, 7) is 2.75. The molecule has 2 saturated heterocycles. The van der Waals surface area contributed by atoms with E-state index < -0.39 is 0 Å². The Balaban J connectivity index is 1.84. The Kier molecular flexibility index (Phi) is 4.17. The maximum absolute atomic E-state index is 12.6. The molecule has 2 heterocycles. The molecule has 0 spiro atoms. The maximum atomic E-state index is 12.6. The highest BCUT2D eigenvalue weighted by Crippen LogP contribution is 2.29. The number of hydrogen-bond acceptors (Lipinski definition) is 3. The van der Waals surface area contributed by atoms with E-state index >= 15 is 0 Å². The van der Waals surface area contributed by atoms with E-state index in [1.807, 2.05) is 0 Å². The van der Waals surface area contributed by atoms with Gasteiger partial charge in [0.1, 0.15) is 13.1 Å². The molecule has 0 unspecified atom stereocenters. The van der Waals surface area contributed by atoms with Crippen LogP contribution in [0.2, 0.25) is 10.0 Å². The van der Waals surface area contributed by atoms with Crippen LogP contribution in [0.5, 0.6) is 0 Å². The lowest BCUT2D eigenvalue weighted by Gasteiger charge is -2.27. The molecule has 2 amide bonds. The van der Waals surface area contributed by atoms with E-state index in [1.165, 1.54) is 4.90 Å². The topological polar surface area (TPSA) is 51.1 Å². The second-order valence-corrected chi connectivity index (χ2v) is 6.01. The van der Waals surface area contributed by atoms with Crippen LogP contribution in [-0.2, 0) is 14.3 Å². The van der Waals surface area contributed by atoms with E-state index in [-0.39, 0.29) is 24.3 Å². The van der Waals surface area contributed by atoms with Crippen molar-refractivity contribution in [3.05, 3.63) is 28.2 Å². The number of nitrogens with one attached hydrogen (secondary N) is 1. The predicted octanol–water partition coefficient (Wildman–Crippen LogP) is 0.540. The van der Waals surface area contributed by atoms with Crippen LogP contribution in [0.1, 0.15) is 6.42 Å². The second-order valence-electron chi connectivity index (χ2n) is 5.19. The van der Waals surface area contributed by atoms with E-state index in [9.17, 15) is 9.59 Å². The summed E-state index contributed by atoms with van der Waals surface area (Å²) in [5, 5.41) is 0.729. The molecule has 0 saturated carbocycles. The number of anilines is 1. The molecule has 1 atom stereocenters. The number of carbonyl (C=O) groups excluding carboxylic acids is 2. The number of ether oxygens (including phenoxy) is 1. The Bertz CT molecular complexity index is 588. The number of benzene rings is 1. The molecule has 0 bridgehead atoms. The van der Waals surface area contributed by atoms with Crippen molar-refractivity contribution in [2.24, 2.45) is 0 Å². The van der Waals surface area contributed by atoms with Gasteiger partial charge in [0.25, 0.3) is 5.91 Å². The average Bonchev–Trinajstić information content (AvgIpc) is 2.78. The molecule has 0 radical (unpaired) electrons. The van der Waals surface area contributed by atoms with Crippen LogP contribution in [0.3, 0.4) is 0 Å². The molecule has 2 fully saturated rings. The van der Waals surface area contributed by atoms with Gasteiger partial charge in [0, 0.05) is 0 Å². The molecule has 2 aliphatic heterocycles. The highest BCUT2D eigenvalue weighted by molar-refractivity contribution is 6.42. The van der Waals surface area contributed by atoms with Gasteiger partial charge in [-0.1, -0.05) is 23.2 Å². The zero-order valence-corrected chi connectivity index (χ0v) is 12.8. The van der Waals surface area contributed by atoms with Crippen molar-refractivity contribution in [1.82, 2.24) is 0 Å².